The maximum atomic E-state index is 13.6. The molecule has 1 fully saturated rings. The van der Waals surface area contributed by atoms with Crippen molar-refractivity contribution in [3.63, 3.8) is 0 Å². The summed E-state index contributed by atoms with van der Waals surface area (Å²) in [4.78, 5) is 12.3. The van der Waals surface area contributed by atoms with Gasteiger partial charge in [-0.2, -0.15) is 0 Å². The summed E-state index contributed by atoms with van der Waals surface area (Å²) in [5.41, 5.74) is 0.267. The van der Waals surface area contributed by atoms with Crippen molar-refractivity contribution in [2.75, 3.05) is 0 Å². The average Bonchev–Trinajstić information content (AvgIpc) is 2.92. The highest BCUT2D eigenvalue weighted by molar-refractivity contribution is 6.35. The minimum Gasteiger partial charge on any atom is -0.393 e. The highest BCUT2D eigenvalue weighted by atomic mass is 35.5. The van der Waals surface area contributed by atoms with Gasteiger partial charge in [0.1, 0.15) is 10.8 Å². The first-order valence-corrected chi connectivity index (χ1v) is 8.31. The summed E-state index contributed by atoms with van der Waals surface area (Å²) in [5.74, 6) is -1.01. The Bertz CT molecular complexity index is 766. The predicted molar refractivity (Wildman–Crippen MR) is 87.6 cm³/mol. The van der Waals surface area contributed by atoms with Crippen LogP contribution in [0, 0.1) is 5.82 Å². The molecule has 2 aromatic rings. The van der Waals surface area contributed by atoms with Crippen LogP contribution in [0.5, 0.6) is 0 Å². The third kappa shape index (κ3) is 3.55. The molecule has 1 aromatic heterocycles. The summed E-state index contributed by atoms with van der Waals surface area (Å²) in [6.45, 7) is 0. The Labute approximate surface area is 147 Å². The van der Waals surface area contributed by atoms with E-state index in [1.165, 1.54) is 12.1 Å². The van der Waals surface area contributed by atoms with E-state index in [9.17, 15) is 14.3 Å². The molecule has 2 atom stereocenters. The van der Waals surface area contributed by atoms with Gasteiger partial charge in [-0.1, -0.05) is 28.4 Å². The molecule has 1 aliphatic carbocycles. The minimum atomic E-state index is -0.621. The van der Waals surface area contributed by atoms with Crippen molar-refractivity contribution in [2.45, 2.75) is 37.8 Å². The molecule has 1 amide bonds. The van der Waals surface area contributed by atoms with Crippen molar-refractivity contribution in [3.8, 4) is 11.3 Å². The summed E-state index contributed by atoms with van der Waals surface area (Å²) in [6.07, 6.45) is 2.45. The fraction of sp³-hybridized carbons (Fsp3) is 0.375. The van der Waals surface area contributed by atoms with Crippen LogP contribution in [0.25, 0.3) is 11.3 Å². The fourth-order valence-electron chi connectivity index (χ4n) is 2.79. The summed E-state index contributed by atoms with van der Waals surface area (Å²) in [6, 6.07) is 3.92. The Hall–Kier alpha value is -1.63. The van der Waals surface area contributed by atoms with E-state index in [-0.39, 0.29) is 27.5 Å². The Morgan fingerprint density at radius 1 is 1.38 bits per heavy atom. The molecule has 128 valence electrons. The number of carbonyl (C=O) groups excluding carboxylic acids is 1. The Morgan fingerprint density at radius 2 is 2.17 bits per heavy atom. The van der Waals surface area contributed by atoms with Gasteiger partial charge in [-0.3, -0.25) is 4.79 Å². The standard InChI is InChI=1S/C16H15Cl2FN2O3/c17-11-5-4-8(6-12(11)19)15-13(18)14(21-24-15)16(23)20-9-2-1-3-10(22)7-9/h4-6,9-10,22H,1-3,7H2,(H,20,23)/t9-,10+/m1/s1. The average molecular weight is 373 g/mol. The number of halogens is 3. The molecule has 0 radical (unpaired) electrons. The van der Waals surface area contributed by atoms with Crippen molar-refractivity contribution in [2.24, 2.45) is 0 Å². The lowest BCUT2D eigenvalue weighted by molar-refractivity contribution is 0.0842. The lowest BCUT2D eigenvalue weighted by Crippen LogP contribution is -2.40. The topological polar surface area (TPSA) is 75.4 Å². The molecule has 1 aromatic carbocycles. The lowest BCUT2D eigenvalue weighted by Gasteiger charge is -2.26. The van der Waals surface area contributed by atoms with Crippen LogP contribution in [0.1, 0.15) is 36.2 Å². The highest BCUT2D eigenvalue weighted by Gasteiger charge is 2.26. The van der Waals surface area contributed by atoms with Gasteiger partial charge in [-0.25, -0.2) is 4.39 Å². The molecular weight excluding hydrogens is 358 g/mol. The number of hydrogen-bond donors (Lipinski definition) is 2. The number of nitrogens with zero attached hydrogens (tertiary/aromatic N) is 1. The summed E-state index contributed by atoms with van der Waals surface area (Å²) in [7, 11) is 0. The Balaban J connectivity index is 1.78. The summed E-state index contributed by atoms with van der Waals surface area (Å²) >= 11 is 11.8. The van der Waals surface area contributed by atoms with Crippen LogP contribution in [0.2, 0.25) is 10.0 Å². The number of aliphatic hydroxyl groups is 1. The van der Waals surface area contributed by atoms with Crippen LogP contribution in [0.4, 0.5) is 4.39 Å². The quantitative estimate of drug-likeness (QED) is 0.858. The molecule has 5 nitrogen and oxygen atoms in total. The zero-order valence-corrected chi connectivity index (χ0v) is 14.1. The molecule has 0 unspecified atom stereocenters. The van der Waals surface area contributed by atoms with Crippen molar-refractivity contribution in [3.05, 3.63) is 39.8 Å². The minimum absolute atomic E-state index is 0.00517. The highest BCUT2D eigenvalue weighted by Crippen LogP contribution is 2.32. The molecule has 1 aliphatic rings. The van der Waals surface area contributed by atoms with Crippen LogP contribution in [0.3, 0.4) is 0 Å². The van der Waals surface area contributed by atoms with Gasteiger partial charge in [0.25, 0.3) is 5.91 Å². The number of nitrogens with one attached hydrogen (secondary N) is 1. The van der Waals surface area contributed by atoms with Crippen LogP contribution in [-0.2, 0) is 0 Å². The summed E-state index contributed by atoms with van der Waals surface area (Å²) in [5, 5.41) is 16.1. The number of benzene rings is 1. The molecule has 0 bridgehead atoms. The van der Waals surface area contributed by atoms with Gasteiger partial charge < -0.3 is 14.9 Å². The zero-order chi connectivity index (χ0) is 17.3. The van der Waals surface area contributed by atoms with E-state index in [1.807, 2.05) is 0 Å². The van der Waals surface area contributed by atoms with E-state index in [0.717, 1.165) is 25.3 Å². The van der Waals surface area contributed by atoms with Gasteiger partial charge >= 0.3 is 0 Å². The first kappa shape index (κ1) is 17.2. The van der Waals surface area contributed by atoms with Crippen molar-refractivity contribution in [1.82, 2.24) is 10.5 Å². The monoisotopic (exact) mass is 372 g/mol. The van der Waals surface area contributed by atoms with Gasteiger partial charge in [0.05, 0.1) is 11.1 Å². The van der Waals surface area contributed by atoms with E-state index in [0.29, 0.717) is 12.0 Å². The van der Waals surface area contributed by atoms with Gasteiger partial charge in [-0.05, 0) is 43.9 Å². The fourth-order valence-corrected chi connectivity index (χ4v) is 3.17. The van der Waals surface area contributed by atoms with Crippen LogP contribution in [-0.4, -0.2) is 28.3 Å². The lowest BCUT2D eigenvalue weighted by atomic mass is 9.93. The van der Waals surface area contributed by atoms with Crippen LogP contribution < -0.4 is 5.32 Å². The van der Waals surface area contributed by atoms with E-state index in [4.69, 9.17) is 27.7 Å². The second-order valence-corrected chi connectivity index (χ2v) is 6.58. The molecule has 1 heterocycles. The van der Waals surface area contributed by atoms with Gasteiger partial charge in [0.2, 0.25) is 0 Å². The van der Waals surface area contributed by atoms with Gasteiger partial charge in [0.15, 0.2) is 11.5 Å². The van der Waals surface area contributed by atoms with Gasteiger partial charge in [-0.15, -0.1) is 0 Å². The first-order valence-electron chi connectivity index (χ1n) is 7.55. The molecule has 1 saturated carbocycles. The summed E-state index contributed by atoms with van der Waals surface area (Å²) < 4.78 is 18.7. The largest absolute Gasteiger partial charge is 0.393 e. The van der Waals surface area contributed by atoms with E-state index in [1.54, 1.807) is 0 Å². The van der Waals surface area contributed by atoms with E-state index in [2.05, 4.69) is 10.5 Å². The Morgan fingerprint density at radius 3 is 2.88 bits per heavy atom. The molecule has 8 heteroatoms. The van der Waals surface area contributed by atoms with Crippen molar-refractivity contribution in [1.29, 1.82) is 0 Å². The Kier molecular flexibility index (Phi) is 5.08. The van der Waals surface area contributed by atoms with E-state index < -0.39 is 17.8 Å². The number of carbonyl (C=O) groups is 1. The van der Waals surface area contributed by atoms with E-state index >= 15 is 0 Å². The number of hydrogen-bond acceptors (Lipinski definition) is 4. The molecule has 0 saturated heterocycles. The number of rotatable bonds is 3. The second kappa shape index (κ2) is 7.09. The van der Waals surface area contributed by atoms with Crippen LogP contribution in [0.15, 0.2) is 22.7 Å². The smallest absolute Gasteiger partial charge is 0.275 e. The normalized spacial score (nSPS) is 20.8. The maximum absolute atomic E-state index is 13.6. The molecule has 0 aliphatic heterocycles. The predicted octanol–water partition coefficient (Wildman–Crippen LogP) is 3.82. The van der Waals surface area contributed by atoms with Crippen LogP contribution >= 0.6 is 23.2 Å². The number of aliphatic hydroxyl groups excluding tert-OH is 1. The second-order valence-electron chi connectivity index (χ2n) is 5.79. The molecule has 24 heavy (non-hydrogen) atoms. The van der Waals surface area contributed by atoms with Crippen molar-refractivity contribution >= 4 is 29.1 Å². The zero-order valence-electron chi connectivity index (χ0n) is 12.6. The van der Waals surface area contributed by atoms with Crippen molar-refractivity contribution < 1.29 is 18.8 Å². The molecule has 3 rings (SSSR count). The molecule has 0 spiro atoms. The van der Waals surface area contributed by atoms with Gasteiger partial charge in [0, 0.05) is 11.6 Å². The number of amides is 1. The maximum Gasteiger partial charge on any atom is 0.275 e. The third-order valence-corrected chi connectivity index (χ3v) is 4.67. The molecule has 2 N–H and O–H groups in total. The first-order chi connectivity index (χ1) is 11.5. The number of aromatic nitrogens is 1. The molecular formula is C16H15Cl2FN2O3. The SMILES string of the molecule is O=C(N[C@@H]1CCC[C@H](O)C1)c1noc(-c2ccc(Cl)c(F)c2)c1Cl. The third-order valence-electron chi connectivity index (χ3n) is 4.01.